The molecule has 0 aliphatic heterocycles. The van der Waals surface area contributed by atoms with Gasteiger partial charge < -0.3 is 15.2 Å². The van der Waals surface area contributed by atoms with E-state index in [0.29, 0.717) is 17.4 Å². The number of anilines is 1. The van der Waals surface area contributed by atoms with Crippen molar-refractivity contribution in [1.29, 1.82) is 0 Å². The van der Waals surface area contributed by atoms with E-state index in [1.165, 1.54) is 14.0 Å². The molecule has 2 aromatic carbocycles. The lowest BCUT2D eigenvalue weighted by Gasteiger charge is -2.22. The number of carbonyl (C=O) groups is 1. The van der Waals surface area contributed by atoms with Crippen LogP contribution in [0.5, 0.6) is 5.75 Å². The van der Waals surface area contributed by atoms with Gasteiger partial charge in [-0.3, -0.25) is 19.5 Å². The Labute approximate surface area is 222 Å². The van der Waals surface area contributed by atoms with Crippen LogP contribution in [-0.2, 0) is 13.0 Å². The fourth-order valence-electron chi connectivity index (χ4n) is 4.47. The molecule has 0 spiro atoms. The highest BCUT2D eigenvalue weighted by atomic mass is 19.2. The predicted octanol–water partition coefficient (Wildman–Crippen LogP) is 5.04. The first-order chi connectivity index (χ1) is 18.9. The molecule has 4 aromatic rings. The number of benzene rings is 2. The minimum absolute atomic E-state index is 0.0747. The highest BCUT2D eigenvalue weighted by Crippen LogP contribution is 2.37. The smallest absolute Gasteiger partial charge is 0.341 e. The zero-order chi connectivity index (χ0) is 29.5. The third-order valence-electron chi connectivity index (χ3n) is 6.29. The number of hydrogen-bond donors (Lipinski definition) is 2. The number of aromatic carboxylic acids is 1. The van der Waals surface area contributed by atoms with Gasteiger partial charge in [-0.05, 0) is 31.0 Å². The molecule has 0 aliphatic rings. The van der Waals surface area contributed by atoms with Crippen molar-refractivity contribution >= 4 is 28.2 Å². The molecule has 40 heavy (non-hydrogen) atoms. The van der Waals surface area contributed by atoms with Crippen molar-refractivity contribution in [2.75, 3.05) is 12.4 Å². The SMILES string of the molecule is CCc1c(C(=O)O)c(=O)c2c([N+](=O)[O-])c(F)c(F)c(C)c2n1-c1nc(F)cc(F)c1NCc1ccc(OC)cc1. The van der Waals surface area contributed by atoms with E-state index in [0.717, 1.165) is 11.5 Å². The van der Waals surface area contributed by atoms with Gasteiger partial charge in [0, 0.05) is 23.9 Å². The number of rotatable bonds is 8. The van der Waals surface area contributed by atoms with Crippen LogP contribution in [-0.4, -0.2) is 32.7 Å². The molecular weight excluding hydrogens is 540 g/mol. The van der Waals surface area contributed by atoms with Crippen LogP contribution in [0.1, 0.15) is 34.1 Å². The number of fused-ring (bicyclic) bond motifs is 1. The van der Waals surface area contributed by atoms with Crippen LogP contribution < -0.4 is 15.5 Å². The number of pyridine rings is 2. The van der Waals surface area contributed by atoms with Crippen molar-refractivity contribution in [3.05, 3.63) is 96.5 Å². The van der Waals surface area contributed by atoms with Gasteiger partial charge in [-0.25, -0.2) is 13.6 Å². The summed E-state index contributed by atoms with van der Waals surface area (Å²) in [4.78, 5) is 39.5. The fraction of sp³-hybridized carbons (Fsp3) is 0.192. The number of carboxylic acid groups (broad SMARTS) is 1. The third kappa shape index (κ3) is 4.57. The van der Waals surface area contributed by atoms with E-state index < -0.39 is 84.6 Å². The van der Waals surface area contributed by atoms with Crippen LogP contribution in [0.25, 0.3) is 16.7 Å². The van der Waals surface area contributed by atoms with Crippen molar-refractivity contribution in [2.45, 2.75) is 26.8 Å². The van der Waals surface area contributed by atoms with Gasteiger partial charge in [-0.2, -0.15) is 13.8 Å². The second-order valence-electron chi connectivity index (χ2n) is 8.55. The Bertz CT molecular complexity index is 1760. The number of aryl methyl sites for hydroxylation is 1. The lowest BCUT2D eigenvalue weighted by atomic mass is 10.00. The standard InChI is InChI=1S/C26H20F4N4O6/c1-4-15-17(26(36)37)24(35)18-22(11(2)19(29)20(30)23(18)34(38)39)33(15)25-21(14(27)9-16(28)32-25)31-10-12-5-7-13(40-3)8-6-12/h5-9,31H,4,10H2,1-3H3,(H,36,37). The van der Waals surface area contributed by atoms with Gasteiger partial charge in [0.05, 0.1) is 17.5 Å². The van der Waals surface area contributed by atoms with Crippen LogP contribution in [0.2, 0.25) is 0 Å². The van der Waals surface area contributed by atoms with E-state index >= 15 is 4.39 Å². The number of aromatic nitrogens is 2. The molecule has 2 heterocycles. The van der Waals surface area contributed by atoms with Gasteiger partial charge in [0.15, 0.2) is 17.5 Å². The number of methoxy groups -OCH3 is 1. The molecule has 208 valence electrons. The predicted molar refractivity (Wildman–Crippen MR) is 135 cm³/mol. The minimum Gasteiger partial charge on any atom is -0.497 e. The second-order valence-corrected chi connectivity index (χ2v) is 8.55. The van der Waals surface area contributed by atoms with Gasteiger partial charge in [0.2, 0.25) is 17.2 Å². The summed E-state index contributed by atoms with van der Waals surface area (Å²) >= 11 is 0. The highest BCUT2D eigenvalue weighted by molar-refractivity contribution is 5.99. The molecule has 2 aromatic heterocycles. The van der Waals surface area contributed by atoms with Gasteiger partial charge in [-0.15, -0.1) is 0 Å². The Morgan fingerprint density at radius 1 is 1.18 bits per heavy atom. The van der Waals surface area contributed by atoms with Crippen LogP contribution in [0.15, 0.2) is 35.1 Å². The molecule has 0 saturated heterocycles. The normalized spacial score (nSPS) is 11.1. The van der Waals surface area contributed by atoms with Crippen molar-refractivity contribution in [3.8, 4) is 11.6 Å². The van der Waals surface area contributed by atoms with Gasteiger partial charge in [-0.1, -0.05) is 19.1 Å². The largest absolute Gasteiger partial charge is 0.497 e. The maximum atomic E-state index is 15.2. The van der Waals surface area contributed by atoms with E-state index in [-0.39, 0.29) is 13.0 Å². The number of nitro benzene ring substituents is 1. The highest BCUT2D eigenvalue weighted by Gasteiger charge is 2.35. The summed E-state index contributed by atoms with van der Waals surface area (Å²) in [6, 6.07) is 6.96. The Hall–Kier alpha value is -5.01. The maximum absolute atomic E-state index is 15.2. The summed E-state index contributed by atoms with van der Waals surface area (Å²) in [5.41, 5.74) is -5.73. The van der Waals surface area contributed by atoms with Gasteiger partial charge in [0.25, 0.3) is 0 Å². The molecule has 0 aliphatic carbocycles. The van der Waals surface area contributed by atoms with E-state index in [1.807, 2.05) is 0 Å². The summed E-state index contributed by atoms with van der Waals surface area (Å²) in [6.07, 6.45) is -0.281. The van der Waals surface area contributed by atoms with Gasteiger partial charge >= 0.3 is 11.7 Å². The van der Waals surface area contributed by atoms with Crippen molar-refractivity contribution in [1.82, 2.24) is 9.55 Å². The number of halogens is 4. The van der Waals surface area contributed by atoms with Crippen LogP contribution in [0, 0.1) is 40.4 Å². The second kappa shape index (κ2) is 10.6. The van der Waals surface area contributed by atoms with Crippen molar-refractivity contribution in [3.63, 3.8) is 0 Å². The number of ether oxygens (including phenoxy) is 1. The monoisotopic (exact) mass is 560 g/mol. The summed E-state index contributed by atoms with van der Waals surface area (Å²) in [5.74, 6) is -8.24. The zero-order valence-electron chi connectivity index (χ0n) is 21.1. The molecule has 2 N–H and O–H groups in total. The molecule has 0 saturated carbocycles. The average molecular weight is 560 g/mol. The van der Waals surface area contributed by atoms with Crippen LogP contribution >= 0.6 is 0 Å². The Balaban J connectivity index is 2.15. The number of nitrogens with zero attached hydrogens (tertiary/aromatic N) is 3. The fourth-order valence-corrected chi connectivity index (χ4v) is 4.47. The summed E-state index contributed by atoms with van der Waals surface area (Å²) in [5, 5.41) is 23.3. The van der Waals surface area contributed by atoms with E-state index in [9.17, 15) is 38.0 Å². The molecule has 0 bridgehead atoms. The molecule has 10 nitrogen and oxygen atoms in total. The van der Waals surface area contributed by atoms with Crippen molar-refractivity contribution < 1.29 is 37.1 Å². The zero-order valence-corrected chi connectivity index (χ0v) is 21.1. The minimum atomic E-state index is -1.99. The third-order valence-corrected chi connectivity index (χ3v) is 6.29. The van der Waals surface area contributed by atoms with E-state index in [1.54, 1.807) is 24.3 Å². The summed E-state index contributed by atoms with van der Waals surface area (Å²) < 4.78 is 65.4. The summed E-state index contributed by atoms with van der Waals surface area (Å²) in [6.45, 7) is 2.31. The lowest BCUT2D eigenvalue weighted by Crippen LogP contribution is -2.26. The number of carboxylic acids is 1. The molecular formula is C26H20F4N4O6. The molecule has 4 rings (SSSR count). The Morgan fingerprint density at radius 3 is 2.38 bits per heavy atom. The number of nitrogens with one attached hydrogen (secondary N) is 1. The molecule has 0 atom stereocenters. The first-order valence-electron chi connectivity index (χ1n) is 11.6. The van der Waals surface area contributed by atoms with Crippen molar-refractivity contribution in [2.24, 2.45) is 0 Å². The van der Waals surface area contributed by atoms with Crippen LogP contribution in [0.4, 0.5) is 28.9 Å². The number of hydrogen-bond acceptors (Lipinski definition) is 7. The van der Waals surface area contributed by atoms with Gasteiger partial charge in [0.1, 0.15) is 22.4 Å². The molecule has 0 radical (unpaired) electrons. The van der Waals surface area contributed by atoms with Crippen LogP contribution in [0.3, 0.4) is 0 Å². The van der Waals surface area contributed by atoms with E-state index in [4.69, 9.17) is 4.74 Å². The molecule has 14 heteroatoms. The summed E-state index contributed by atoms with van der Waals surface area (Å²) in [7, 11) is 1.46. The quantitative estimate of drug-likeness (QED) is 0.132. The molecule has 0 amide bonds. The Kier molecular flexibility index (Phi) is 7.44. The topological polar surface area (TPSA) is 137 Å². The maximum Gasteiger partial charge on any atom is 0.341 e. The van der Waals surface area contributed by atoms with E-state index in [2.05, 4.69) is 10.3 Å². The first kappa shape index (κ1) is 28.0. The average Bonchev–Trinajstić information content (AvgIpc) is 2.90. The molecule has 0 fully saturated rings. The Morgan fingerprint density at radius 2 is 1.82 bits per heavy atom. The lowest BCUT2D eigenvalue weighted by molar-refractivity contribution is -0.386. The number of nitro groups is 1. The molecule has 0 unspecified atom stereocenters. The first-order valence-corrected chi connectivity index (χ1v) is 11.6.